The normalized spacial score (nSPS) is 26.9. The van der Waals surface area contributed by atoms with Gasteiger partial charge in [-0.2, -0.15) is 0 Å². The minimum absolute atomic E-state index is 0.109. The van der Waals surface area contributed by atoms with Gasteiger partial charge in [0.25, 0.3) is 0 Å². The van der Waals surface area contributed by atoms with E-state index in [0.717, 1.165) is 31.0 Å². The van der Waals surface area contributed by atoms with Gasteiger partial charge in [-0.15, -0.1) is 11.6 Å². The Morgan fingerprint density at radius 2 is 2.15 bits per heavy atom. The molecule has 1 saturated carbocycles. The molecule has 0 N–H and O–H groups in total. The molecule has 0 aromatic carbocycles. The van der Waals surface area contributed by atoms with Crippen LogP contribution in [0.3, 0.4) is 0 Å². The molecule has 1 amide bonds. The lowest BCUT2D eigenvalue weighted by Gasteiger charge is -2.35. The van der Waals surface area contributed by atoms with E-state index in [2.05, 4.69) is 26.8 Å². The van der Waals surface area contributed by atoms with Crippen molar-refractivity contribution in [2.24, 2.45) is 17.3 Å². The maximum atomic E-state index is 12.6. The average Bonchev–Trinajstić information content (AvgIpc) is 3.15. The van der Waals surface area contributed by atoms with Gasteiger partial charge in [-0.25, -0.2) is 0 Å². The molecular weight excluding hydrogens is 270 g/mol. The Labute approximate surface area is 128 Å². The van der Waals surface area contributed by atoms with Crippen molar-refractivity contribution in [3.05, 3.63) is 11.6 Å². The van der Waals surface area contributed by atoms with E-state index in [0.29, 0.717) is 5.92 Å². The lowest BCUT2D eigenvalue weighted by molar-refractivity contribution is -0.130. The number of hydrogen-bond acceptors (Lipinski definition) is 1. The number of alkyl halides is 1. The van der Waals surface area contributed by atoms with E-state index in [1.165, 1.54) is 19.3 Å². The topological polar surface area (TPSA) is 20.3 Å². The van der Waals surface area contributed by atoms with Gasteiger partial charge in [-0.3, -0.25) is 4.79 Å². The van der Waals surface area contributed by atoms with Crippen molar-refractivity contribution in [1.82, 2.24) is 4.90 Å². The Hall–Kier alpha value is -0.500. The molecule has 0 aromatic rings. The van der Waals surface area contributed by atoms with E-state index in [1.54, 1.807) is 0 Å². The molecule has 2 nitrogen and oxygen atoms in total. The Morgan fingerprint density at radius 1 is 1.50 bits per heavy atom. The predicted molar refractivity (Wildman–Crippen MR) is 84.9 cm³/mol. The van der Waals surface area contributed by atoms with Crippen molar-refractivity contribution < 1.29 is 4.79 Å². The summed E-state index contributed by atoms with van der Waals surface area (Å²) in [6.07, 6.45) is 6.88. The van der Waals surface area contributed by atoms with Crippen LogP contribution in [0.25, 0.3) is 0 Å². The molecule has 0 bridgehead atoms. The number of nitrogens with zero attached hydrogens (tertiary/aromatic N) is 1. The number of hydrogen-bond donors (Lipinski definition) is 0. The molecule has 0 aliphatic heterocycles. The molecule has 0 saturated heterocycles. The van der Waals surface area contributed by atoms with Gasteiger partial charge in [0, 0.05) is 13.1 Å². The van der Waals surface area contributed by atoms with Crippen molar-refractivity contribution >= 4 is 17.5 Å². The van der Waals surface area contributed by atoms with Crippen LogP contribution in [-0.4, -0.2) is 29.3 Å². The molecule has 2 unspecified atom stereocenters. The number of allylic oxidation sites excluding steroid dienone is 1. The first kappa shape index (κ1) is 15.9. The summed E-state index contributed by atoms with van der Waals surface area (Å²) >= 11 is 6.52. The Morgan fingerprint density at radius 3 is 2.65 bits per heavy atom. The molecule has 0 heterocycles. The van der Waals surface area contributed by atoms with Gasteiger partial charge in [0.1, 0.15) is 5.38 Å². The van der Waals surface area contributed by atoms with Crippen molar-refractivity contribution in [1.29, 1.82) is 0 Å². The number of carbonyl (C=O) groups is 1. The average molecular weight is 298 g/mol. The van der Waals surface area contributed by atoms with Gasteiger partial charge in [-0.1, -0.05) is 26.8 Å². The number of halogens is 1. The second kappa shape index (κ2) is 6.09. The van der Waals surface area contributed by atoms with Gasteiger partial charge < -0.3 is 4.90 Å². The molecule has 0 radical (unpaired) electrons. The lowest BCUT2D eigenvalue weighted by atomic mass is 9.72. The smallest absolute Gasteiger partial charge is 0.244 e. The van der Waals surface area contributed by atoms with Crippen LogP contribution in [0.1, 0.15) is 53.4 Å². The fourth-order valence-electron chi connectivity index (χ4n) is 3.46. The maximum Gasteiger partial charge on any atom is 0.244 e. The van der Waals surface area contributed by atoms with E-state index in [1.807, 2.05) is 11.8 Å². The Bertz CT molecular complexity index is 398. The van der Waals surface area contributed by atoms with Crippen LogP contribution in [-0.2, 0) is 4.79 Å². The van der Waals surface area contributed by atoms with Gasteiger partial charge in [0.2, 0.25) is 5.91 Å². The highest BCUT2D eigenvalue weighted by atomic mass is 35.5. The minimum Gasteiger partial charge on any atom is -0.341 e. The third-order valence-electron chi connectivity index (χ3n) is 4.47. The van der Waals surface area contributed by atoms with Gasteiger partial charge in [-0.05, 0) is 55.4 Å². The summed E-state index contributed by atoms with van der Waals surface area (Å²) in [6, 6.07) is 0. The van der Waals surface area contributed by atoms with Crippen LogP contribution in [0.15, 0.2) is 11.6 Å². The number of carbonyl (C=O) groups excluding carboxylic acids is 1. The predicted octanol–water partition coefficient (Wildman–Crippen LogP) is 4.23. The van der Waals surface area contributed by atoms with Gasteiger partial charge >= 0.3 is 0 Å². The highest BCUT2D eigenvalue weighted by Gasteiger charge is 2.34. The third kappa shape index (κ3) is 4.00. The molecule has 2 aliphatic rings. The van der Waals surface area contributed by atoms with Gasteiger partial charge in [0.05, 0.1) is 0 Å². The van der Waals surface area contributed by atoms with Crippen molar-refractivity contribution in [3.8, 4) is 0 Å². The maximum absolute atomic E-state index is 12.6. The van der Waals surface area contributed by atoms with Crippen molar-refractivity contribution in [2.45, 2.75) is 58.8 Å². The molecule has 0 aromatic heterocycles. The zero-order valence-corrected chi connectivity index (χ0v) is 14.0. The molecule has 2 rings (SSSR count). The fourth-order valence-corrected chi connectivity index (χ4v) is 3.75. The molecule has 2 aliphatic carbocycles. The molecular formula is C17H28ClNO. The molecule has 1 fully saturated rings. The monoisotopic (exact) mass is 297 g/mol. The van der Waals surface area contributed by atoms with Crippen molar-refractivity contribution in [3.63, 3.8) is 0 Å². The highest BCUT2D eigenvalue weighted by Crippen LogP contribution is 2.40. The lowest BCUT2D eigenvalue weighted by Crippen LogP contribution is -2.40. The third-order valence-corrected chi connectivity index (χ3v) is 4.93. The molecule has 2 atom stereocenters. The first-order valence-corrected chi connectivity index (χ1v) is 8.39. The summed E-state index contributed by atoms with van der Waals surface area (Å²) < 4.78 is 0. The first-order valence-electron chi connectivity index (χ1n) is 7.96. The number of rotatable bonds is 5. The van der Waals surface area contributed by atoms with Gasteiger partial charge in [0.15, 0.2) is 0 Å². The van der Waals surface area contributed by atoms with E-state index < -0.39 is 5.38 Å². The molecule has 114 valence electrons. The second-order valence-electron chi connectivity index (χ2n) is 7.45. The fraction of sp³-hybridized carbons (Fsp3) is 0.824. The summed E-state index contributed by atoms with van der Waals surface area (Å²) in [7, 11) is 0. The zero-order valence-electron chi connectivity index (χ0n) is 13.3. The number of amides is 1. The quantitative estimate of drug-likeness (QED) is 0.549. The summed E-state index contributed by atoms with van der Waals surface area (Å²) in [5, 5.41) is -0.462. The summed E-state index contributed by atoms with van der Waals surface area (Å²) in [5.41, 5.74) is 1.39. The molecule has 3 heteroatoms. The second-order valence-corrected chi connectivity index (χ2v) is 7.88. The van der Waals surface area contributed by atoms with Crippen molar-refractivity contribution in [2.75, 3.05) is 13.1 Å². The Balaban J connectivity index is 2.04. The van der Waals surface area contributed by atoms with Crippen LogP contribution < -0.4 is 0 Å². The SMILES string of the molecule is CCN(CC1CC1)C(=O)C(Cl)C1=CC(C)CC(C)(C)C1. The molecule has 0 spiro atoms. The van der Waals surface area contributed by atoms with Crippen LogP contribution in [0.2, 0.25) is 0 Å². The van der Waals surface area contributed by atoms with E-state index in [-0.39, 0.29) is 11.3 Å². The standard InChI is InChI=1S/C17H28ClNO/c1-5-19(11-13-6-7-13)16(20)15(18)14-8-12(2)9-17(3,4)10-14/h8,12-13,15H,5-7,9-11H2,1-4H3. The van der Waals surface area contributed by atoms with E-state index in [4.69, 9.17) is 11.6 Å². The largest absolute Gasteiger partial charge is 0.341 e. The van der Waals surface area contributed by atoms with Crippen LogP contribution in [0, 0.1) is 17.3 Å². The highest BCUT2D eigenvalue weighted by molar-refractivity contribution is 6.32. The van der Waals surface area contributed by atoms with Crippen LogP contribution >= 0.6 is 11.6 Å². The van der Waals surface area contributed by atoms with Crippen LogP contribution in [0.4, 0.5) is 0 Å². The van der Waals surface area contributed by atoms with Crippen LogP contribution in [0.5, 0.6) is 0 Å². The summed E-state index contributed by atoms with van der Waals surface area (Å²) in [4.78, 5) is 14.6. The first-order chi connectivity index (χ1) is 9.32. The Kier molecular flexibility index (Phi) is 4.84. The summed E-state index contributed by atoms with van der Waals surface area (Å²) in [5.74, 6) is 1.34. The minimum atomic E-state index is -0.462. The zero-order chi connectivity index (χ0) is 14.9. The molecule has 20 heavy (non-hydrogen) atoms. The van der Waals surface area contributed by atoms with E-state index >= 15 is 0 Å². The van der Waals surface area contributed by atoms with E-state index in [9.17, 15) is 4.79 Å². The summed E-state index contributed by atoms with van der Waals surface area (Å²) in [6.45, 7) is 10.5.